The molecule has 2 fully saturated rings. The Labute approximate surface area is 128 Å². The van der Waals surface area contributed by atoms with Crippen molar-refractivity contribution >= 4 is 5.69 Å². The highest BCUT2D eigenvalue weighted by atomic mass is 16.3. The molecule has 21 heavy (non-hydrogen) atoms. The van der Waals surface area contributed by atoms with Crippen LogP contribution in [0.5, 0.6) is 0 Å². The van der Waals surface area contributed by atoms with Crippen LogP contribution in [0.4, 0.5) is 5.69 Å². The van der Waals surface area contributed by atoms with Crippen molar-refractivity contribution in [3.8, 4) is 0 Å². The van der Waals surface area contributed by atoms with Gasteiger partial charge in [-0.1, -0.05) is 31.5 Å². The second kappa shape index (κ2) is 6.80. The molecule has 2 aliphatic rings. The van der Waals surface area contributed by atoms with Crippen molar-refractivity contribution in [1.82, 2.24) is 4.90 Å². The number of hydrogen-bond acceptors (Lipinski definition) is 3. The molecular weight excluding hydrogens is 260 g/mol. The van der Waals surface area contributed by atoms with Crippen LogP contribution in [-0.2, 0) is 0 Å². The van der Waals surface area contributed by atoms with Crippen molar-refractivity contribution in [1.29, 1.82) is 0 Å². The van der Waals surface area contributed by atoms with Crippen LogP contribution in [0.1, 0.15) is 50.7 Å². The van der Waals surface area contributed by atoms with E-state index in [4.69, 9.17) is 0 Å². The zero-order valence-corrected chi connectivity index (χ0v) is 13.2. The summed E-state index contributed by atoms with van der Waals surface area (Å²) in [5.74, 6) is 0. The SMILES string of the molecule is CCC(O)c1ccccc1N1CCC(N2CCCCC2)C1. The maximum Gasteiger partial charge on any atom is 0.0807 e. The predicted molar refractivity (Wildman–Crippen MR) is 87.7 cm³/mol. The summed E-state index contributed by atoms with van der Waals surface area (Å²) in [6.45, 7) is 6.83. The highest BCUT2D eigenvalue weighted by molar-refractivity contribution is 5.55. The van der Waals surface area contributed by atoms with E-state index in [0.717, 1.165) is 25.1 Å². The maximum atomic E-state index is 10.2. The Hall–Kier alpha value is -1.06. The summed E-state index contributed by atoms with van der Waals surface area (Å²) >= 11 is 0. The molecule has 116 valence electrons. The van der Waals surface area contributed by atoms with E-state index >= 15 is 0 Å². The average molecular weight is 288 g/mol. The first-order valence-corrected chi connectivity index (χ1v) is 8.55. The quantitative estimate of drug-likeness (QED) is 0.921. The number of aliphatic hydroxyl groups is 1. The van der Waals surface area contributed by atoms with Crippen LogP contribution in [-0.4, -0.2) is 42.2 Å². The van der Waals surface area contributed by atoms with Crippen LogP contribution in [0.15, 0.2) is 24.3 Å². The summed E-state index contributed by atoms with van der Waals surface area (Å²) < 4.78 is 0. The second-order valence-corrected chi connectivity index (χ2v) is 6.47. The van der Waals surface area contributed by atoms with E-state index in [1.807, 2.05) is 13.0 Å². The molecule has 0 bridgehead atoms. The monoisotopic (exact) mass is 288 g/mol. The molecule has 1 aromatic carbocycles. The fraction of sp³-hybridized carbons (Fsp3) is 0.667. The minimum Gasteiger partial charge on any atom is -0.388 e. The zero-order valence-electron chi connectivity index (χ0n) is 13.2. The van der Waals surface area contributed by atoms with Crippen LogP contribution < -0.4 is 4.90 Å². The molecule has 1 aromatic rings. The molecule has 0 spiro atoms. The Morgan fingerprint density at radius 1 is 1.14 bits per heavy atom. The lowest BCUT2D eigenvalue weighted by Gasteiger charge is -2.32. The van der Waals surface area contributed by atoms with Gasteiger partial charge in [0.2, 0.25) is 0 Å². The van der Waals surface area contributed by atoms with Crippen molar-refractivity contribution in [3.63, 3.8) is 0 Å². The van der Waals surface area contributed by atoms with Gasteiger partial charge in [-0.15, -0.1) is 0 Å². The van der Waals surface area contributed by atoms with Gasteiger partial charge in [0.1, 0.15) is 0 Å². The Balaban J connectivity index is 1.71. The number of rotatable bonds is 4. The van der Waals surface area contributed by atoms with Gasteiger partial charge in [0.25, 0.3) is 0 Å². The zero-order chi connectivity index (χ0) is 14.7. The van der Waals surface area contributed by atoms with Gasteiger partial charge in [-0.05, 0) is 44.8 Å². The summed E-state index contributed by atoms with van der Waals surface area (Å²) in [5, 5.41) is 10.2. The van der Waals surface area contributed by atoms with Crippen LogP contribution in [0.3, 0.4) is 0 Å². The van der Waals surface area contributed by atoms with Crippen molar-refractivity contribution in [2.24, 2.45) is 0 Å². The summed E-state index contributed by atoms with van der Waals surface area (Å²) in [6, 6.07) is 9.09. The van der Waals surface area contributed by atoms with E-state index in [1.165, 1.54) is 44.5 Å². The van der Waals surface area contributed by atoms with Gasteiger partial charge in [-0.25, -0.2) is 0 Å². The molecule has 2 heterocycles. The van der Waals surface area contributed by atoms with Gasteiger partial charge >= 0.3 is 0 Å². The third-order valence-corrected chi connectivity index (χ3v) is 5.09. The number of aliphatic hydroxyl groups excluding tert-OH is 1. The molecule has 3 heteroatoms. The van der Waals surface area contributed by atoms with E-state index in [1.54, 1.807) is 0 Å². The molecule has 3 rings (SSSR count). The van der Waals surface area contributed by atoms with Crippen molar-refractivity contribution in [3.05, 3.63) is 29.8 Å². The molecule has 0 amide bonds. The Kier molecular flexibility index (Phi) is 4.81. The number of piperidine rings is 1. The Morgan fingerprint density at radius 2 is 1.90 bits per heavy atom. The van der Waals surface area contributed by atoms with Crippen molar-refractivity contribution < 1.29 is 5.11 Å². The van der Waals surface area contributed by atoms with Gasteiger partial charge in [0.15, 0.2) is 0 Å². The smallest absolute Gasteiger partial charge is 0.0807 e. The minimum absolute atomic E-state index is 0.338. The van der Waals surface area contributed by atoms with E-state index in [9.17, 15) is 5.11 Å². The summed E-state index contributed by atoms with van der Waals surface area (Å²) in [5.41, 5.74) is 2.34. The molecule has 3 nitrogen and oxygen atoms in total. The number of anilines is 1. The minimum atomic E-state index is -0.338. The van der Waals surface area contributed by atoms with Gasteiger partial charge in [-0.2, -0.15) is 0 Å². The van der Waals surface area contributed by atoms with Crippen LogP contribution in [0, 0.1) is 0 Å². The van der Waals surface area contributed by atoms with Crippen molar-refractivity contribution in [2.45, 2.75) is 51.2 Å². The Bertz CT molecular complexity index is 456. The standard InChI is InChI=1S/C18H28N2O/c1-2-18(21)16-8-4-5-9-17(16)20-13-10-15(14-20)19-11-6-3-7-12-19/h4-5,8-9,15,18,21H,2-3,6-7,10-14H2,1H3. The largest absolute Gasteiger partial charge is 0.388 e. The fourth-order valence-corrected chi connectivity index (χ4v) is 3.82. The van der Waals surface area contributed by atoms with Gasteiger partial charge in [0.05, 0.1) is 6.10 Å². The molecule has 0 radical (unpaired) electrons. The molecule has 1 N–H and O–H groups in total. The molecule has 0 aliphatic carbocycles. The number of para-hydroxylation sites is 1. The molecule has 0 saturated carbocycles. The molecule has 0 aromatic heterocycles. The first kappa shape index (κ1) is 14.9. The van der Waals surface area contributed by atoms with Gasteiger partial charge < -0.3 is 10.0 Å². The number of likely N-dealkylation sites (tertiary alicyclic amines) is 1. The average Bonchev–Trinajstić information content (AvgIpc) is 3.05. The lowest BCUT2D eigenvalue weighted by molar-refractivity contribution is 0.172. The molecule has 2 aliphatic heterocycles. The third-order valence-electron chi connectivity index (χ3n) is 5.09. The molecule has 2 unspecified atom stereocenters. The van der Waals surface area contributed by atoms with E-state index in [2.05, 4.69) is 28.0 Å². The normalized spacial score (nSPS) is 25.2. The van der Waals surface area contributed by atoms with Crippen molar-refractivity contribution in [2.75, 3.05) is 31.1 Å². The number of hydrogen-bond donors (Lipinski definition) is 1. The lowest BCUT2D eigenvalue weighted by Crippen LogP contribution is -2.41. The first-order valence-electron chi connectivity index (χ1n) is 8.55. The Morgan fingerprint density at radius 3 is 2.67 bits per heavy atom. The first-order chi connectivity index (χ1) is 10.3. The topological polar surface area (TPSA) is 26.7 Å². The molecule has 2 atom stereocenters. The summed E-state index contributed by atoms with van der Waals surface area (Å²) in [7, 11) is 0. The van der Waals surface area contributed by atoms with E-state index in [-0.39, 0.29) is 6.10 Å². The molecule has 2 saturated heterocycles. The predicted octanol–water partition coefficient (Wildman–Crippen LogP) is 3.19. The highest BCUT2D eigenvalue weighted by Gasteiger charge is 2.29. The van der Waals surface area contributed by atoms with Crippen LogP contribution >= 0.6 is 0 Å². The fourth-order valence-electron chi connectivity index (χ4n) is 3.82. The summed E-state index contributed by atoms with van der Waals surface area (Å²) in [4.78, 5) is 5.16. The van der Waals surface area contributed by atoms with Crippen LogP contribution in [0.25, 0.3) is 0 Å². The summed E-state index contributed by atoms with van der Waals surface area (Å²) in [6.07, 6.45) is 5.83. The number of benzene rings is 1. The van der Waals surface area contributed by atoms with Gasteiger partial charge in [0, 0.05) is 30.4 Å². The van der Waals surface area contributed by atoms with Crippen LogP contribution in [0.2, 0.25) is 0 Å². The molecular formula is C18H28N2O. The second-order valence-electron chi connectivity index (χ2n) is 6.47. The lowest BCUT2D eigenvalue weighted by atomic mass is 10.0. The highest BCUT2D eigenvalue weighted by Crippen LogP contribution is 2.31. The third kappa shape index (κ3) is 3.24. The van der Waals surface area contributed by atoms with Gasteiger partial charge in [-0.3, -0.25) is 4.90 Å². The van der Waals surface area contributed by atoms with E-state index in [0.29, 0.717) is 6.04 Å². The number of nitrogens with zero attached hydrogens (tertiary/aromatic N) is 2. The van der Waals surface area contributed by atoms with E-state index < -0.39 is 0 Å². The maximum absolute atomic E-state index is 10.2.